The zero-order valence-electron chi connectivity index (χ0n) is 21.9. The van der Waals surface area contributed by atoms with Crippen LogP contribution in [0.5, 0.6) is 5.75 Å². The van der Waals surface area contributed by atoms with Gasteiger partial charge >= 0.3 is 0 Å². The number of nitrogens with zero attached hydrogens (tertiary/aromatic N) is 5. The lowest BCUT2D eigenvalue weighted by atomic mass is 10.2. The van der Waals surface area contributed by atoms with Crippen LogP contribution in [0, 0.1) is 11.3 Å². The summed E-state index contributed by atoms with van der Waals surface area (Å²) in [6.07, 6.45) is 4.36. The van der Waals surface area contributed by atoms with E-state index < -0.39 is 12.9 Å². The largest absolute Gasteiger partial charge is 0.492 e. The Labute approximate surface area is 204 Å². The van der Waals surface area contributed by atoms with Crippen molar-refractivity contribution in [3.05, 3.63) is 29.9 Å². The number of hydrogen-bond acceptors (Lipinski definition) is 11. The summed E-state index contributed by atoms with van der Waals surface area (Å²) in [5, 5.41) is 19.3. The topological polar surface area (TPSA) is 166 Å². The van der Waals surface area contributed by atoms with Crippen molar-refractivity contribution in [2.45, 2.75) is 25.9 Å². The van der Waals surface area contributed by atoms with Crippen LogP contribution in [0.4, 0.5) is 17.3 Å². The minimum absolute atomic E-state index is 0.0325. The van der Waals surface area contributed by atoms with Gasteiger partial charge in [0.05, 0.1) is 18.4 Å². The first-order valence-corrected chi connectivity index (χ1v) is 10.8. The predicted molar refractivity (Wildman–Crippen MR) is 122 cm³/mol. The summed E-state index contributed by atoms with van der Waals surface area (Å²) in [6, 6.07) is 2.98. The normalized spacial score (nSPS) is 18.7. The van der Waals surface area contributed by atoms with E-state index in [0.29, 0.717) is 5.56 Å². The first kappa shape index (κ1) is 19.2. The van der Waals surface area contributed by atoms with E-state index in [9.17, 15) is 9.59 Å². The zero-order valence-corrected chi connectivity index (χ0v) is 18.9. The number of amides is 2. The number of carbonyl (C=O) groups excluding carboxylic acids is 2. The standard InChI is InChI=1S/C22H24N8O5/c1-23-21(32)16-13(8-14(28-29-16)26-20(31)12-9-22(12)5-6-22)25-19-17(34-3)11(4-7-24-19)18-27-15(10-33-2)35-30-18/h4,7-8,12H,5-6,9-10H2,1-3H3,(H,23,32)(H2,24,25,26,28,31)/i1D3. The highest BCUT2D eigenvalue weighted by Gasteiger charge is 2.65. The second-order valence-corrected chi connectivity index (χ2v) is 8.36. The third kappa shape index (κ3) is 4.37. The number of anilines is 3. The maximum atomic E-state index is 12.7. The molecule has 0 saturated heterocycles. The maximum absolute atomic E-state index is 12.7. The highest BCUT2D eigenvalue weighted by Crippen LogP contribution is 2.70. The Morgan fingerprint density at radius 3 is 2.89 bits per heavy atom. The van der Waals surface area contributed by atoms with Gasteiger partial charge in [-0.1, -0.05) is 5.16 Å². The molecule has 0 radical (unpaired) electrons. The lowest BCUT2D eigenvalue weighted by Gasteiger charge is -2.15. The van der Waals surface area contributed by atoms with E-state index in [2.05, 4.69) is 36.0 Å². The van der Waals surface area contributed by atoms with Gasteiger partial charge in [0, 0.05) is 36.4 Å². The second kappa shape index (κ2) is 8.91. The number of ether oxygens (including phenoxy) is 2. The summed E-state index contributed by atoms with van der Waals surface area (Å²) in [5.41, 5.74) is 0.253. The Balaban J connectivity index is 1.47. The van der Waals surface area contributed by atoms with Crippen LogP contribution in [0.1, 0.15) is 39.8 Å². The second-order valence-electron chi connectivity index (χ2n) is 8.36. The zero-order chi connectivity index (χ0) is 27.1. The van der Waals surface area contributed by atoms with Gasteiger partial charge in [-0.15, -0.1) is 10.2 Å². The minimum atomic E-state index is -2.76. The average molecular weight is 484 g/mol. The van der Waals surface area contributed by atoms with Crippen molar-refractivity contribution in [2.75, 3.05) is 31.8 Å². The Hall–Kier alpha value is -4.13. The molecule has 2 fully saturated rings. The summed E-state index contributed by atoms with van der Waals surface area (Å²) >= 11 is 0. The molecule has 3 aromatic heterocycles. The first-order valence-electron chi connectivity index (χ1n) is 12.3. The van der Waals surface area contributed by atoms with Crippen molar-refractivity contribution in [1.29, 1.82) is 0 Å². The van der Waals surface area contributed by atoms with Gasteiger partial charge in [-0.25, -0.2) is 4.98 Å². The van der Waals surface area contributed by atoms with Crippen LogP contribution in [0.15, 0.2) is 22.9 Å². The van der Waals surface area contributed by atoms with Crippen LogP contribution in [-0.4, -0.2) is 58.3 Å². The fraction of sp³-hybridized carbons (Fsp3) is 0.409. The van der Waals surface area contributed by atoms with Gasteiger partial charge in [0.1, 0.15) is 6.61 Å². The van der Waals surface area contributed by atoms with Gasteiger partial charge in [0.25, 0.3) is 11.8 Å². The number of carbonyl (C=O) groups is 2. The molecule has 0 aliphatic heterocycles. The molecular weight excluding hydrogens is 456 g/mol. The third-order valence-electron chi connectivity index (χ3n) is 6.11. The van der Waals surface area contributed by atoms with Crippen LogP contribution in [0.3, 0.4) is 0 Å². The number of rotatable bonds is 9. The van der Waals surface area contributed by atoms with E-state index >= 15 is 0 Å². The van der Waals surface area contributed by atoms with Crippen molar-refractivity contribution in [3.63, 3.8) is 0 Å². The molecule has 5 rings (SSSR count). The quantitative estimate of drug-likeness (QED) is 0.407. The molecule has 3 heterocycles. The number of hydrogen-bond donors (Lipinski definition) is 3. The molecule has 2 saturated carbocycles. The summed E-state index contributed by atoms with van der Waals surface area (Å²) < 4.78 is 37.8. The number of methoxy groups -OCH3 is 2. The molecule has 13 nitrogen and oxygen atoms in total. The summed E-state index contributed by atoms with van der Waals surface area (Å²) in [5.74, 6) is -0.371. The van der Waals surface area contributed by atoms with E-state index in [-0.39, 0.29) is 64.3 Å². The SMILES string of the molecule is [2H]C([2H])([2H])NC(=O)c1nnc(NC(=O)C2CC23CC3)cc1Nc1nccc(-c2noc(COC)n2)c1OC. The Bertz CT molecular complexity index is 1390. The molecule has 2 aliphatic rings. The summed E-state index contributed by atoms with van der Waals surface area (Å²) in [4.78, 5) is 33.9. The number of pyridine rings is 1. The van der Waals surface area contributed by atoms with Gasteiger partial charge in [-0.2, -0.15) is 4.98 Å². The third-order valence-corrected chi connectivity index (χ3v) is 6.11. The molecule has 3 N–H and O–H groups in total. The average Bonchev–Trinajstić information content (AvgIpc) is 3.75. The van der Waals surface area contributed by atoms with Crippen LogP contribution < -0.4 is 20.7 Å². The smallest absolute Gasteiger partial charge is 0.273 e. The molecular formula is C22H24N8O5. The fourth-order valence-corrected chi connectivity index (χ4v) is 4.01. The van der Waals surface area contributed by atoms with Gasteiger partial charge < -0.3 is 29.9 Å². The summed E-state index contributed by atoms with van der Waals surface area (Å²) in [7, 11) is 2.90. The van der Waals surface area contributed by atoms with Crippen LogP contribution in [0.25, 0.3) is 11.4 Å². The molecule has 0 aromatic carbocycles. The molecule has 3 aromatic rings. The summed E-state index contributed by atoms with van der Waals surface area (Å²) in [6.45, 7) is -2.64. The molecule has 2 amide bonds. The van der Waals surface area contributed by atoms with Crippen molar-refractivity contribution in [2.24, 2.45) is 11.3 Å². The Morgan fingerprint density at radius 2 is 2.17 bits per heavy atom. The molecule has 1 spiro atoms. The first-order chi connectivity index (χ1) is 18.1. The molecule has 2 aliphatic carbocycles. The Morgan fingerprint density at radius 1 is 1.31 bits per heavy atom. The highest BCUT2D eigenvalue weighted by molar-refractivity contribution is 6.00. The van der Waals surface area contributed by atoms with E-state index in [1.807, 2.05) is 5.32 Å². The number of nitrogens with one attached hydrogen (secondary N) is 3. The molecule has 13 heteroatoms. The highest BCUT2D eigenvalue weighted by atomic mass is 16.5. The van der Waals surface area contributed by atoms with Crippen LogP contribution in [0.2, 0.25) is 0 Å². The van der Waals surface area contributed by atoms with Gasteiger partial charge in [0.2, 0.25) is 11.7 Å². The van der Waals surface area contributed by atoms with Gasteiger partial charge in [-0.05, 0) is 30.7 Å². The van der Waals surface area contributed by atoms with Crippen molar-refractivity contribution in [1.82, 2.24) is 30.6 Å². The van der Waals surface area contributed by atoms with Crippen molar-refractivity contribution in [3.8, 4) is 17.1 Å². The van der Waals surface area contributed by atoms with E-state index in [4.69, 9.17) is 18.1 Å². The van der Waals surface area contributed by atoms with Crippen LogP contribution in [-0.2, 0) is 16.1 Å². The fourth-order valence-electron chi connectivity index (χ4n) is 4.01. The van der Waals surface area contributed by atoms with E-state index in [1.54, 1.807) is 6.07 Å². The monoisotopic (exact) mass is 483 g/mol. The maximum Gasteiger partial charge on any atom is 0.273 e. The predicted octanol–water partition coefficient (Wildman–Crippen LogP) is 1.92. The Kier molecular flexibility index (Phi) is 4.89. The van der Waals surface area contributed by atoms with Crippen LogP contribution >= 0.6 is 0 Å². The lowest BCUT2D eigenvalue weighted by Crippen LogP contribution is -2.23. The molecule has 35 heavy (non-hydrogen) atoms. The van der Waals surface area contributed by atoms with Gasteiger partial charge in [-0.3, -0.25) is 9.59 Å². The van der Waals surface area contributed by atoms with Crippen molar-refractivity contribution < 1.29 is 27.7 Å². The molecule has 0 bridgehead atoms. The number of aromatic nitrogens is 5. The molecule has 182 valence electrons. The lowest BCUT2D eigenvalue weighted by molar-refractivity contribution is -0.117. The minimum Gasteiger partial charge on any atom is -0.492 e. The van der Waals surface area contributed by atoms with Gasteiger partial charge in [0.15, 0.2) is 23.1 Å². The van der Waals surface area contributed by atoms with Crippen molar-refractivity contribution >= 4 is 29.1 Å². The molecule has 1 unspecified atom stereocenters. The van der Waals surface area contributed by atoms with E-state index in [0.717, 1.165) is 19.3 Å². The molecule has 1 atom stereocenters. The van der Waals surface area contributed by atoms with E-state index in [1.165, 1.54) is 26.5 Å².